The van der Waals surface area contributed by atoms with Crippen molar-refractivity contribution in [2.75, 3.05) is 0 Å². The molecule has 2 rings (SSSR count). The maximum Gasteiger partial charge on any atom is 0.673 e. The van der Waals surface area contributed by atoms with E-state index < -0.39 is 23.2 Å². The summed E-state index contributed by atoms with van der Waals surface area (Å²) >= 11 is 0. The number of benzene rings is 1. The van der Waals surface area contributed by atoms with E-state index in [1.165, 1.54) is 6.42 Å². The third-order valence-electron chi connectivity index (χ3n) is 3.48. The van der Waals surface area contributed by atoms with Crippen molar-refractivity contribution in [1.29, 1.82) is 0 Å². The molecule has 1 unspecified atom stereocenters. The van der Waals surface area contributed by atoms with Crippen molar-refractivity contribution in [2.45, 2.75) is 51.0 Å². The van der Waals surface area contributed by atoms with Gasteiger partial charge in [-0.3, -0.25) is 0 Å². The Balaban J connectivity index is 0.000000550. The van der Waals surface area contributed by atoms with Gasteiger partial charge in [0.05, 0.1) is 10.5 Å². The van der Waals surface area contributed by atoms with Crippen LogP contribution >= 0.6 is 10.5 Å². The van der Waals surface area contributed by atoms with Crippen LogP contribution < -0.4 is 0 Å². The van der Waals surface area contributed by atoms with Crippen LogP contribution in [0, 0.1) is 0 Å². The summed E-state index contributed by atoms with van der Waals surface area (Å²) in [5.41, 5.74) is -4.15. The van der Waals surface area contributed by atoms with Crippen LogP contribution in [0.3, 0.4) is 0 Å². The Hall–Kier alpha value is -1.25. The van der Waals surface area contributed by atoms with Crippen LogP contribution in [0.25, 0.3) is 10.1 Å². The van der Waals surface area contributed by atoms with Gasteiger partial charge in [0.2, 0.25) is 0 Å². The minimum absolute atomic E-state index is 0.448. The third-order valence-corrected chi connectivity index (χ3v) is 5.60. The van der Waals surface area contributed by atoms with Gasteiger partial charge >= 0.3 is 12.8 Å². The summed E-state index contributed by atoms with van der Waals surface area (Å²) in [7, 11) is -7.70. The minimum atomic E-state index is -6.00. The number of halogens is 7. The van der Waals surface area contributed by atoms with E-state index in [0.717, 1.165) is 31.1 Å². The summed E-state index contributed by atoms with van der Waals surface area (Å²) in [4.78, 5) is 0.565. The van der Waals surface area contributed by atoms with Crippen LogP contribution in [-0.2, 0) is 11.9 Å². The van der Waals surface area contributed by atoms with Gasteiger partial charge in [-0.25, -0.2) is 0 Å². The number of rotatable bonds is 6. The van der Waals surface area contributed by atoms with Gasteiger partial charge < -0.3 is 17.3 Å². The van der Waals surface area contributed by atoms with Crippen LogP contribution in [-0.4, -0.2) is 7.25 Å². The zero-order valence-electron chi connectivity index (χ0n) is 13.8. The molecule has 0 aliphatic carbocycles. The Morgan fingerprint density at radius 3 is 2.04 bits per heavy atom. The largest absolute Gasteiger partial charge is 0.673 e. The van der Waals surface area contributed by atoms with Crippen LogP contribution in [0.1, 0.15) is 43.9 Å². The first-order valence-corrected chi connectivity index (χ1v) is 9.24. The number of thiophene rings is 1. The molecule has 1 aromatic heterocycles. The topological polar surface area (TPSA) is 0 Å². The Bertz CT molecular complexity index is 640. The molecule has 0 radical (unpaired) electrons. The van der Waals surface area contributed by atoms with Crippen molar-refractivity contribution in [3.8, 4) is 0 Å². The zero-order valence-corrected chi connectivity index (χ0v) is 14.6. The normalized spacial score (nSPS) is 12.9. The second-order valence-electron chi connectivity index (χ2n) is 5.56. The summed E-state index contributed by atoms with van der Waals surface area (Å²) in [5, 5.41) is 0.747. The fourth-order valence-electron chi connectivity index (χ4n) is 2.51. The van der Waals surface area contributed by atoms with E-state index >= 15 is 0 Å². The maximum atomic E-state index is 13.3. The highest BCUT2D eigenvalue weighted by molar-refractivity contribution is 7.38. The van der Waals surface area contributed by atoms with E-state index in [0.29, 0.717) is 16.0 Å². The van der Waals surface area contributed by atoms with Crippen LogP contribution in [0.2, 0.25) is 0 Å². The van der Waals surface area contributed by atoms with Gasteiger partial charge in [0.1, 0.15) is 0 Å². The van der Waals surface area contributed by atoms with Crippen molar-refractivity contribution in [2.24, 2.45) is 0 Å². The van der Waals surface area contributed by atoms with Gasteiger partial charge in [0, 0.05) is 17.9 Å². The predicted octanol–water partition coefficient (Wildman–Crippen LogP) is 7.88. The van der Waals surface area contributed by atoms with Gasteiger partial charge in [-0.1, -0.05) is 44.7 Å². The molecular formula is C16H20BF7S. The van der Waals surface area contributed by atoms with E-state index in [1.54, 1.807) is 30.3 Å². The van der Waals surface area contributed by atoms with Crippen LogP contribution in [0.15, 0.2) is 30.3 Å². The van der Waals surface area contributed by atoms with Crippen molar-refractivity contribution >= 4 is 27.8 Å². The molecule has 0 N–H and O–H groups in total. The van der Waals surface area contributed by atoms with E-state index in [4.69, 9.17) is 0 Å². The van der Waals surface area contributed by atoms with Crippen molar-refractivity contribution < 1.29 is 30.4 Å². The summed E-state index contributed by atoms with van der Waals surface area (Å²) in [6.07, 6.45) is 5.90. The lowest BCUT2D eigenvalue weighted by atomic mass is 10.1. The molecule has 0 spiro atoms. The molecular weight excluding hydrogens is 368 g/mol. The van der Waals surface area contributed by atoms with Crippen LogP contribution in [0.5, 0.6) is 0 Å². The second-order valence-corrected chi connectivity index (χ2v) is 7.60. The third kappa shape index (κ3) is 8.11. The first-order valence-electron chi connectivity index (χ1n) is 8.02. The SMILES string of the molecule is CCCCCCCc1cc2ccccc2[s+]1C(F)(F)F.F[B-](F)(F)F. The quantitative estimate of drug-likeness (QED) is 0.204. The average Bonchev–Trinajstić information content (AvgIpc) is 2.83. The van der Waals surface area contributed by atoms with Gasteiger partial charge in [-0.2, -0.15) is 0 Å². The Morgan fingerprint density at radius 2 is 1.48 bits per heavy atom. The van der Waals surface area contributed by atoms with Gasteiger partial charge in [0.15, 0.2) is 9.58 Å². The molecule has 1 aromatic carbocycles. The standard InChI is InChI=1S/C16H20F3S.BF4/c1-2-3-4-5-6-10-14-12-13-9-7-8-11-15(13)20(14)16(17,18)19;2-1(3,4)5/h7-9,11-12H,2-6,10H2,1H3;/q+1;-1. The second kappa shape index (κ2) is 9.45. The van der Waals surface area contributed by atoms with E-state index in [9.17, 15) is 30.4 Å². The van der Waals surface area contributed by atoms with Gasteiger partial charge in [-0.05, 0) is 18.6 Å². The number of fused-ring (bicyclic) bond motifs is 1. The smallest absolute Gasteiger partial charge is 0.418 e. The molecule has 25 heavy (non-hydrogen) atoms. The number of alkyl halides is 3. The summed E-state index contributed by atoms with van der Waals surface area (Å²) in [6.45, 7) is 2.14. The van der Waals surface area contributed by atoms with E-state index in [1.807, 2.05) is 0 Å². The summed E-state index contributed by atoms with van der Waals surface area (Å²) < 4.78 is 79.3. The fourth-order valence-corrected chi connectivity index (χ4v) is 4.51. The van der Waals surface area contributed by atoms with E-state index in [2.05, 4.69) is 6.92 Å². The molecule has 2 aromatic rings. The Labute approximate surface area is 145 Å². The predicted molar refractivity (Wildman–Crippen MR) is 90.4 cm³/mol. The summed E-state index contributed by atoms with van der Waals surface area (Å²) in [6, 6.07) is 8.66. The lowest BCUT2D eigenvalue weighted by Crippen LogP contribution is -2.02. The van der Waals surface area contributed by atoms with Crippen molar-refractivity contribution in [3.05, 3.63) is 35.2 Å². The maximum absolute atomic E-state index is 13.3. The lowest BCUT2D eigenvalue weighted by molar-refractivity contribution is -0.0867. The summed E-state index contributed by atoms with van der Waals surface area (Å²) in [5.74, 6) is 0. The number of hydrogen-bond donors (Lipinski definition) is 0. The average molecular weight is 388 g/mol. The monoisotopic (exact) mass is 388 g/mol. The lowest BCUT2D eigenvalue weighted by Gasteiger charge is -2.01. The molecule has 1 heterocycles. The first kappa shape index (κ1) is 21.8. The number of unbranched alkanes of at least 4 members (excludes halogenated alkanes) is 4. The molecule has 1 atom stereocenters. The molecule has 0 aliphatic rings. The highest BCUT2D eigenvalue weighted by Gasteiger charge is 2.47. The highest BCUT2D eigenvalue weighted by atomic mass is 32.2. The number of hydrogen-bond acceptors (Lipinski definition) is 0. The van der Waals surface area contributed by atoms with E-state index in [-0.39, 0.29) is 0 Å². The van der Waals surface area contributed by atoms with Crippen molar-refractivity contribution in [3.63, 3.8) is 0 Å². The Morgan fingerprint density at radius 1 is 0.920 bits per heavy atom. The molecule has 0 saturated carbocycles. The molecule has 0 aliphatic heterocycles. The highest BCUT2D eigenvalue weighted by Crippen LogP contribution is 2.51. The molecule has 0 amide bonds. The van der Waals surface area contributed by atoms with Gasteiger partial charge in [-0.15, -0.1) is 13.2 Å². The minimum Gasteiger partial charge on any atom is -0.418 e. The fraction of sp³-hybridized carbons (Fsp3) is 0.500. The molecule has 0 nitrogen and oxygen atoms in total. The zero-order chi connectivity index (χ0) is 19.1. The molecule has 0 saturated heterocycles. The van der Waals surface area contributed by atoms with Crippen LogP contribution in [0.4, 0.5) is 30.4 Å². The molecule has 142 valence electrons. The molecule has 9 heteroatoms. The first-order chi connectivity index (χ1) is 11.5. The number of aryl methyl sites for hydroxylation is 1. The molecule has 0 fully saturated rings. The van der Waals surface area contributed by atoms with Crippen molar-refractivity contribution in [1.82, 2.24) is 0 Å². The van der Waals surface area contributed by atoms with Gasteiger partial charge in [0.25, 0.3) is 0 Å². The Kier molecular flexibility index (Phi) is 8.24. The molecule has 0 bridgehead atoms.